The first-order valence-corrected chi connectivity index (χ1v) is 7.59. The molecule has 2 heterocycles. The van der Waals surface area contributed by atoms with E-state index in [0.29, 0.717) is 12.0 Å². The lowest BCUT2D eigenvalue weighted by Gasteiger charge is -2.15. The van der Waals surface area contributed by atoms with Gasteiger partial charge in [-0.25, -0.2) is 4.98 Å². The van der Waals surface area contributed by atoms with Gasteiger partial charge in [0.25, 0.3) is 0 Å². The largest absolute Gasteiger partial charge is 0.369 e. The summed E-state index contributed by atoms with van der Waals surface area (Å²) < 4.78 is 8.34. The van der Waals surface area contributed by atoms with E-state index >= 15 is 0 Å². The highest BCUT2D eigenvalue weighted by atomic mass is 16.5. The van der Waals surface area contributed by atoms with Crippen LogP contribution >= 0.6 is 0 Å². The summed E-state index contributed by atoms with van der Waals surface area (Å²) >= 11 is 0. The van der Waals surface area contributed by atoms with Gasteiger partial charge in [-0.15, -0.1) is 0 Å². The maximum atomic E-state index is 6.17. The molecule has 1 N–H and O–H groups in total. The topological polar surface area (TPSA) is 39.1 Å². The molecule has 1 aromatic heterocycles. The molecule has 4 rings (SSSR count). The van der Waals surface area contributed by atoms with Crippen LogP contribution in [0.1, 0.15) is 31.2 Å². The van der Waals surface area contributed by atoms with Crippen LogP contribution in [0, 0.1) is 5.92 Å². The number of rotatable bonds is 1. The van der Waals surface area contributed by atoms with Crippen molar-refractivity contribution in [1.82, 2.24) is 14.9 Å². The van der Waals surface area contributed by atoms with Crippen molar-refractivity contribution < 1.29 is 4.74 Å². The van der Waals surface area contributed by atoms with Crippen LogP contribution in [0.2, 0.25) is 0 Å². The molecule has 2 fully saturated rings. The predicted molar refractivity (Wildman–Crippen MR) is 78.5 cm³/mol. The fourth-order valence-corrected chi connectivity index (χ4v) is 3.68. The van der Waals surface area contributed by atoms with Crippen molar-refractivity contribution in [2.75, 3.05) is 13.2 Å². The molecule has 106 valence electrons. The van der Waals surface area contributed by atoms with Crippen molar-refractivity contribution in [1.29, 1.82) is 0 Å². The normalized spacial score (nSPS) is 30.4. The molecule has 0 amide bonds. The van der Waals surface area contributed by atoms with E-state index in [-0.39, 0.29) is 6.10 Å². The van der Waals surface area contributed by atoms with E-state index in [1.165, 1.54) is 24.8 Å². The zero-order chi connectivity index (χ0) is 13.5. The first-order valence-electron chi connectivity index (χ1n) is 7.59. The van der Waals surface area contributed by atoms with Gasteiger partial charge >= 0.3 is 0 Å². The summed E-state index contributed by atoms with van der Waals surface area (Å²) in [7, 11) is 2.08. The van der Waals surface area contributed by atoms with E-state index in [2.05, 4.69) is 35.1 Å². The molecule has 2 aliphatic rings. The van der Waals surface area contributed by atoms with E-state index < -0.39 is 0 Å². The van der Waals surface area contributed by atoms with E-state index in [1.54, 1.807) is 0 Å². The number of nitrogens with zero attached hydrogens (tertiary/aromatic N) is 2. The molecule has 3 unspecified atom stereocenters. The molecular weight excluding hydrogens is 250 g/mol. The Balaban J connectivity index is 1.64. The summed E-state index contributed by atoms with van der Waals surface area (Å²) in [5.41, 5.74) is 2.23. The van der Waals surface area contributed by atoms with Gasteiger partial charge in [-0.2, -0.15) is 0 Å². The van der Waals surface area contributed by atoms with Gasteiger partial charge in [-0.3, -0.25) is 0 Å². The third-order valence-electron chi connectivity index (χ3n) is 4.85. The van der Waals surface area contributed by atoms with Crippen LogP contribution in [0.25, 0.3) is 11.0 Å². The second-order valence-electron chi connectivity index (χ2n) is 6.05. The Morgan fingerprint density at radius 2 is 2.20 bits per heavy atom. The van der Waals surface area contributed by atoms with Crippen molar-refractivity contribution >= 4 is 11.0 Å². The van der Waals surface area contributed by atoms with Crippen LogP contribution in [0.15, 0.2) is 24.3 Å². The number of benzene rings is 1. The summed E-state index contributed by atoms with van der Waals surface area (Å²) in [6.07, 6.45) is 4.00. The van der Waals surface area contributed by atoms with Crippen LogP contribution in [0.3, 0.4) is 0 Å². The van der Waals surface area contributed by atoms with E-state index in [1.807, 2.05) is 6.07 Å². The summed E-state index contributed by atoms with van der Waals surface area (Å²) in [6.45, 7) is 1.74. The molecule has 1 saturated heterocycles. The van der Waals surface area contributed by atoms with Crippen LogP contribution in [-0.4, -0.2) is 28.7 Å². The SMILES string of the molecule is Cn1c(C2CNC3CCCC3CO2)nc2ccccc21. The Labute approximate surface area is 119 Å². The zero-order valence-electron chi connectivity index (χ0n) is 11.9. The molecule has 4 heteroatoms. The fraction of sp³-hybridized carbons (Fsp3) is 0.562. The Kier molecular flexibility index (Phi) is 3.00. The lowest BCUT2D eigenvalue weighted by molar-refractivity contribution is 0.0406. The highest BCUT2D eigenvalue weighted by molar-refractivity contribution is 5.75. The van der Waals surface area contributed by atoms with Crippen molar-refractivity contribution in [3.63, 3.8) is 0 Å². The summed E-state index contributed by atoms with van der Waals surface area (Å²) in [4.78, 5) is 4.77. The fourth-order valence-electron chi connectivity index (χ4n) is 3.68. The minimum absolute atomic E-state index is 0.0676. The first-order chi connectivity index (χ1) is 9.83. The quantitative estimate of drug-likeness (QED) is 0.865. The number of hydrogen-bond donors (Lipinski definition) is 1. The minimum Gasteiger partial charge on any atom is -0.369 e. The Hall–Kier alpha value is -1.39. The van der Waals surface area contributed by atoms with E-state index in [9.17, 15) is 0 Å². The van der Waals surface area contributed by atoms with Crippen LogP contribution < -0.4 is 5.32 Å². The monoisotopic (exact) mass is 271 g/mol. The van der Waals surface area contributed by atoms with Gasteiger partial charge in [0.05, 0.1) is 17.6 Å². The number of aryl methyl sites for hydroxylation is 1. The molecule has 1 aliphatic heterocycles. The Bertz CT molecular complexity index is 607. The van der Waals surface area contributed by atoms with Gasteiger partial charge in [0.1, 0.15) is 11.9 Å². The first kappa shape index (κ1) is 12.4. The van der Waals surface area contributed by atoms with Crippen molar-refractivity contribution in [2.45, 2.75) is 31.4 Å². The molecule has 0 spiro atoms. The number of fused-ring (bicyclic) bond motifs is 2. The van der Waals surface area contributed by atoms with Crippen molar-refractivity contribution in [3.8, 4) is 0 Å². The maximum absolute atomic E-state index is 6.17. The van der Waals surface area contributed by atoms with Crippen molar-refractivity contribution in [2.24, 2.45) is 13.0 Å². The number of para-hydroxylation sites is 2. The molecule has 3 atom stereocenters. The molecule has 20 heavy (non-hydrogen) atoms. The number of imidazole rings is 1. The molecule has 1 aromatic carbocycles. The van der Waals surface area contributed by atoms with Crippen LogP contribution in [-0.2, 0) is 11.8 Å². The van der Waals surface area contributed by atoms with E-state index in [4.69, 9.17) is 9.72 Å². The Morgan fingerprint density at radius 1 is 1.30 bits per heavy atom. The van der Waals surface area contributed by atoms with E-state index in [0.717, 1.165) is 24.5 Å². The van der Waals surface area contributed by atoms with Crippen molar-refractivity contribution in [3.05, 3.63) is 30.1 Å². The molecule has 1 saturated carbocycles. The standard InChI is InChI=1S/C16H21N3O/c1-19-14-8-3-2-6-13(14)18-16(19)15-9-17-12-7-4-5-11(12)10-20-15/h2-3,6,8,11-12,15,17H,4-5,7,9-10H2,1H3. The number of ether oxygens (including phenoxy) is 1. The van der Waals surface area contributed by atoms with Crippen LogP contribution in [0.5, 0.6) is 0 Å². The average molecular weight is 271 g/mol. The summed E-state index contributed by atoms with van der Waals surface area (Å²) in [6, 6.07) is 8.93. The van der Waals surface area contributed by atoms with Gasteiger partial charge in [0.2, 0.25) is 0 Å². The van der Waals surface area contributed by atoms with Gasteiger partial charge in [-0.1, -0.05) is 18.6 Å². The zero-order valence-corrected chi connectivity index (χ0v) is 11.9. The molecule has 0 radical (unpaired) electrons. The third-order valence-corrected chi connectivity index (χ3v) is 4.85. The molecular formula is C16H21N3O. The molecule has 4 nitrogen and oxygen atoms in total. The third kappa shape index (κ3) is 1.95. The summed E-state index contributed by atoms with van der Waals surface area (Å²) in [5.74, 6) is 1.73. The molecule has 1 aliphatic carbocycles. The number of aromatic nitrogens is 2. The lowest BCUT2D eigenvalue weighted by Crippen LogP contribution is -2.33. The van der Waals surface area contributed by atoms with Gasteiger partial charge in [0.15, 0.2) is 0 Å². The highest BCUT2D eigenvalue weighted by Gasteiger charge is 2.33. The second-order valence-corrected chi connectivity index (χ2v) is 6.05. The maximum Gasteiger partial charge on any atom is 0.140 e. The number of nitrogens with one attached hydrogen (secondary N) is 1. The Morgan fingerprint density at radius 3 is 3.10 bits per heavy atom. The smallest absolute Gasteiger partial charge is 0.140 e. The van der Waals surface area contributed by atoms with Gasteiger partial charge in [0, 0.05) is 19.6 Å². The van der Waals surface area contributed by atoms with Gasteiger partial charge in [-0.05, 0) is 30.9 Å². The van der Waals surface area contributed by atoms with Gasteiger partial charge < -0.3 is 14.6 Å². The minimum atomic E-state index is 0.0676. The predicted octanol–water partition coefficient (Wildman–Crippen LogP) is 2.40. The lowest BCUT2D eigenvalue weighted by atomic mass is 10.1. The highest BCUT2D eigenvalue weighted by Crippen LogP contribution is 2.31. The van der Waals surface area contributed by atoms with Crippen LogP contribution in [0.4, 0.5) is 0 Å². The molecule has 2 aromatic rings. The second kappa shape index (κ2) is 4.86. The number of hydrogen-bond acceptors (Lipinski definition) is 3. The molecule has 0 bridgehead atoms. The average Bonchev–Trinajstić information content (AvgIpc) is 3.00. The summed E-state index contributed by atoms with van der Waals surface area (Å²) in [5, 5.41) is 3.69.